The zero-order chi connectivity index (χ0) is 13.9. The highest BCUT2D eigenvalue weighted by Crippen LogP contribution is 2.19. The zero-order valence-electron chi connectivity index (χ0n) is 10.8. The van der Waals surface area contributed by atoms with Gasteiger partial charge in [-0.2, -0.15) is 17.4 Å². The zero-order valence-corrected chi connectivity index (χ0v) is 11.6. The second-order valence-corrected chi connectivity index (χ2v) is 6.44. The molecule has 0 saturated carbocycles. The molecule has 7 nitrogen and oxygen atoms in total. The van der Waals surface area contributed by atoms with Gasteiger partial charge in [0.2, 0.25) is 0 Å². The number of ether oxygens (including phenoxy) is 1. The van der Waals surface area contributed by atoms with Gasteiger partial charge < -0.3 is 9.84 Å². The summed E-state index contributed by atoms with van der Waals surface area (Å²) in [7, 11) is -2.04. The first kappa shape index (κ1) is 15.4. The largest absolute Gasteiger partial charge is 0.479 e. The van der Waals surface area contributed by atoms with E-state index in [9.17, 15) is 13.2 Å². The summed E-state index contributed by atoms with van der Waals surface area (Å²) < 4.78 is 32.4. The van der Waals surface area contributed by atoms with Gasteiger partial charge in [0.05, 0.1) is 6.10 Å². The minimum atomic E-state index is -3.53. The first-order valence-corrected chi connectivity index (χ1v) is 7.29. The van der Waals surface area contributed by atoms with Crippen LogP contribution in [0.2, 0.25) is 0 Å². The molecule has 0 aromatic carbocycles. The highest BCUT2D eigenvalue weighted by molar-refractivity contribution is 7.87. The minimum absolute atomic E-state index is 0.100. The van der Waals surface area contributed by atoms with Gasteiger partial charge in [-0.15, -0.1) is 0 Å². The number of carboxylic acid groups (broad SMARTS) is 1. The van der Waals surface area contributed by atoms with E-state index in [0.29, 0.717) is 12.8 Å². The van der Waals surface area contributed by atoms with E-state index in [4.69, 9.17) is 9.84 Å². The van der Waals surface area contributed by atoms with Crippen LogP contribution in [0.4, 0.5) is 0 Å². The topological polar surface area (TPSA) is 95.9 Å². The van der Waals surface area contributed by atoms with Crippen LogP contribution in [0.1, 0.15) is 26.7 Å². The van der Waals surface area contributed by atoms with Gasteiger partial charge in [0.15, 0.2) is 6.10 Å². The summed E-state index contributed by atoms with van der Waals surface area (Å²) in [5.74, 6) is -1.00. The fourth-order valence-electron chi connectivity index (χ4n) is 1.62. The molecule has 0 aliphatic carbocycles. The maximum atomic E-state index is 11.8. The van der Waals surface area contributed by atoms with E-state index in [1.165, 1.54) is 11.4 Å². The molecular weight excluding hydrogens is 260 g/mol. The van der Waals surface area contributed by atoms with Gasteiger partial charge in [-0.05, 0) is 26.7 Å². The number of nitrogens with zero attached hydrogens (tertiary/aromatic N) is 1. The van der Waals surface area contributed by atoms with Crippen LogP contribution < -0.4 is 4.72 Å². The Balaban J connectivity index is 2.45. The molecule has 2 atom stereocenters. The maximum absolute atomic E-state index is 11.8. The molecule has 2 N–H and O–H groups in total. The molecular formula is C10H20N2O5S. The van der Waals surface area contributed by atoms with E-state index in [1.54, 1.807) is 13.8 Å². The molecule has 8 heteroatoms. The number of aliphatic carboxylic acids is 1. The van der Waals surface area contributed by atoms with E-state index in [2.05, 4.69) is 4.72 Å². The molecule has 0 aromatic rings. The van der Waals surface area contributed by atoms with Crippen molar-refractivity contribution >= 4 is 16.2 Å². The molecule has 1 rings (SSSR count). The summed E-state index contributed by atoms with van der Waals surface area (Å²) in [6.07, 6.45) is -0.226. The van der Waals surface area contributed by atoms with E-state index in [1.807, 2.05) is 0 Å². The van der Waals surface area contributed by atoms with Crippen LogP contribution >= 0.6 is 0 Å². The molecule has 18 heavy (non-hydrogen) atoms. The lowest BCUT2D eigenvalue weighted by molar-refractivity contribution is -0.149. The molecule has 1 aliphatic rings. The van der Waals surface area contributed by atoms with Crippen molar-refractivity contribution in [2.75, 3.05) is 13.6 Å². The third-order valence-electron chi connectivity index (χ3n) is 2.98. The average Bonchev–Trinajstić information content (AvgIpc) is 2.74. The number of nitrogens with one attached hydrogen (secondary N) is 1. The Morgan fingerprint density at radius 2 is 2.11 bits per heavy atom. The summed E-state index contributed by atoms with van der Waals surface area (Å²) in [5.41, 5.74) is 0. The van der Waals surface area contributed by atoms with Gasteiger partial charge in [-0.1, -0.05) is 0 Å². The Morgan fingerprint density at radius 1 is 1.50 bits per heavy atom. The molecule has 1 aliphatic heterocycles. The Morgan fingerprint density at radius 3 is 2.56 bits per heavy atom. The first-order chi connectivity index (χ1) is 8.24. The van der Waals surface area contributed by atoms with Crippen LogP contribution in [0.3, 0.4) is 0 Å². The molecule has 0 spiro atoms. The molecule has 1 saturated heterocycles. The molecule has 2 unspecified atom stereocenters. The fraction of sp³-hybridized carbons (Fsp3) is 0.900. The summed E-state index contributed by atoms with van der Waals surface area (Å²) in [6.45, 7) is 3.64. The molecule has 0 radical (unpaired) electrons. The first-order valence-electron chi connectivity index (χ1n) is 5.85. The van der Waals surface area contributed by atoms with E-state index in [0.717, 1.165) is 0 Å². The van der Waals surface area contributed by atoms with Crippen LogP contribution in [0, 0.1) is 0 Å². The lowest BCUT2D eigenvalue weighted by Crippen LogP contribution is -2.44. The van der Waals surface area contributed by atoms with Gasteiger partial charge in [0, 0.05) is 19.6 Å². The van der Waals surface area contributed by atoms with E-state index < -0.39 is 22.3 Å². The molecule has 1 fully saturated rings. The lowest BCUT2D eigenvalue weighted by atomic mass is 10.2. The fourth-order valence-corrected chi connectivity index (χ4v) is 2.77. The third kappa shape index (κ3) is 3.91. The number of rotatable bonds is 6. The van der Waals surface area contributed by atoms with Crippen LogP contribution in [-0.4, -0.2) is 55.6 Å². The van der Waals surface area contributed by atoms with Gasteiger partial charge >= 0.3 is 5.97 Å². The number of hydrogen-bond acceptors (Lipinski definition) is 4. The third-order valence-corrected chi connectivity index (χ3v) is 4.69. The molecule has 0 amide bonds. The molecule has 106 valence electrons. The van der Waals surface area contributed by atoms with Crippen molar-refractivity contribution in [3.8, 4) is 0 Å². The van der Waals surface area contributed by atoms with Crippen LogP contribution in [0.15, 0.2) is 0 Å². The van der Waals surface area contributed by atoms with Crippen molar-refractivity contribution in [3.05, 3.63) is 0 Å². The second kappa shape index (κ2) is 5.96. The molecule has 0 aromatic heterocycles. The Bertz CT molecular complexity index is 395. The average molecular weight is 280 g/mol. The van der Waals surface area contributed by atoms with Crippen LogP contribution in [0.25, 0.3) is 0 Å². The predicted octanol–water partition coefficient (Wildman–Crippen LogP) is -0.207. The van der Waals surface area contributed by atoms with Crippen molar-refractivity contribution in [2.45, 2.75) is 44.9 Å². The highest BCUT2D eigenvalue weighted by atomic mass is 32.2. The van der Waals surface area contributed by atoms with Crippen molar-refractivity contribution < 1.29 is 23.1 Å². The summed E-state index contributed by atoms with van der Waals surface area (Å²) in [4.78, 5) is 10.7. The summed E-state index contributed by atoms with van der Waals surface area (Å²) >= 11 is 0. The summed E-state index contributed by atoms with van der Waals surface area (Å²) in [6, 6.07) is -0.140. The lowest BCUT2D eigenvalue weighted by Gasteiger charge is -2.22. The SMILES string of the molecule is CC(C)N(C)S(=O)(=O)NCC1CCC(C(=O)O)O1. The van der Waals surface area contributed by atoms with Gasteiger partial charge in [0.1, 0.15) is 0 Å². The van der Waals surface area contributed by atoms with Gasteiger partial charge in [-0.3, -0.25) is 0 Å². The van der Waals surface area contributed by atoms with Crippen molar-refractivity contribution in [1.29, 1.82) is 0 Å². The van der Waals surface area contributed by atoms with E-state index >= 15 is 0 Å². The molecule has 0 bridgehead atoms. The Labute approximate surface area is 107 Å². The number of hydrogen-bond donors (Lipinski definition) is 2. The van der Waals surface area contributed by atoms with Gasteiger partial charge in [-0.25, -0.2) is 4.79 Å². The van der Waals surface area contributed by atoms with Crippen molar-refractivity contribution in [1.82, 2.24) is 9.03 Å². The normalized spacial score (nSPS) is 24.9. The number of carbonyl (C=O) groups is 1. The quantitative estimate of drug-likeness (QED) is 0.702. The van der Waals surface area contributed by atoms with Crippen LogP contribution in [-0.2, 0) is 19.7 Å². The van der Waals surface area contributed by atoms with E-state index in [-0.39, 0.29) is 18.7 Å². The van der Waals surface area contributed by atoms with Crippen molar-refractivity contribution in [2.24, 2.45) is 0 Å². The predicted molar refractivity (Wildman–Crippen MR) is 65.4 cm³/mol. The minimum Gasteiger partial charge on any atom is -0.479 e. The Hall–Kier alpha value is -0.700. The van der Waals surface area contributed by atoms with Gasteiger partial charge in [0.25, 0.3) is 10.2 Å². The standard InChI is InChI=1S/C10H20N2O5S/c1-7(2)12(3)18(15,16)11-6-8-4-5-9(17-8)10(13)14/h7-9,11H,4-6H2,1-3H3,(H,13,14). The molecule has 1 heterocycles. The van der Waals surface area contributed by atoms with Crippen LogP contribution in [0.5, 0.6) is 0 Å². The maximum Gasteiger partial charge on any atom is 0.332 e. The number of carboxylic acids is 1. The Kier molecular flexibility index (Phi) is 5.09. The smallest absolute Gasteiger partial charge is 0.332 e. The van der Waals surface area contributed by atoms with Crippen molar-refractivity contribution in [3.63, 3.8) is 0 Å². The monoisotopic (exact) mass is 280 g/mol. The summed E-state index contributed by atoms with van der Waals surface area (Å²) in [5, 5.41) is 8.75. The second-order valence-electron chi connectivity index (χ2n) is 4.63. The highest BCUT2D eigenvalue weighted by Gasteiger charge is 2.31.